The lowest BCUT2D eigenvalue weighted by Crippen LogP contribution is -2.55. The first-order valence-corrected chi connectivity index (χ1v) is 20.0. The summed E-state index contributed by atoms with van der Waals surface area (Å²) < 4.78 is 39.5. The highest BCUT2D eigenvalue weighted by Crippen LogP contribution is 2.36. The number of Topliss-reactive ketones (excluding diaryl/α,β-unsaturated/α-hetero) is 1. The number of benzene rings is 2. The number of nitrogens with one attached hydrogen (secondary N) is 2. The largest absolute Gasteiger partial charge is 0.434 e. The summed E-state index contributed by atoms with van der Waals surface area (Å²) in [4.78, 5) is 48.8. The molecule has 49 heavy (non-hydrogen) atoms. The molecule has 0 spiro atoms. The molecule has 2 aliphatic rings. The van der Waals surface area contributed by atoms with Crippen molar-refractivity contribution in [3.8, 4) is 0 Å². The zero-order valence-electron chi connectivity index (χ0n) is 27.3. The van der Waals surface area contributed by atoms with Gasteiger partial charge in [-0.3, -0.25) is 14.4 Å². The predicted molar refractivity (Wildman–Crippen MR) is 193 cm³/mol. The van der Waals surface area contributed by atoms with Gasteiger partial charge in [0, 0.05) is 17.9 Å². The summed E-state index contributed by atoms with van der Waals surface area (Å²) >= 11 is 5.25. The molecule has 15 heteroatoms. The molecule has 3 aromatic rings. The minimum Gasteiger partial charge on any atom is -0.434 e. The number of nitrogens with two attached hydrogens (primary N) is 1. The van der Waals surface area contributed by atoms with Crippen LogP contribution in [0.5, 0.6) is 0 Å². The lowest BCUT2D eigenvalue weighted by atomic mass is 10.0. The van der Waals surface area contributed by atoms with Crippen molar-refractivity contribution >= 4 is 66.4 Å². The zero-order chi connectivity index (χ0) is 35.0. The van der Waals surface area contributed by atoms with E-state index in [2.05, 4.69) is 37.0 Å². The Morgan fingerprint density at radius 3 is 2.55 bits per heavy atom. The number of alkyl halides is 1. The minimum absolute atomic E-state index is 0.0802. The second-order valence-electron chi connectivity index (χ2n) is 12.3. The second-order valence-corrected chi connectivity index (χ2v) is 17.1. The molecule has 2 aliphatic heterocycles. The van der Waals surface area contributed by atoms with Gasteiger partial charge in [0.05, 0.1) is 29.2 Å². The molecule has 0 bridgehead atoms. The van der Waals surface area contributed by atoms with Crippen LogP contribution in [0.15, 0.2) is 70.0 Å². The van der Waals surface area contributed by atoms with Crippen LogP contribution in [0.2, 0.25) is 0 Å². The molecule has 1 aromatic heterocycles. The van der Waals surface area contributed by atoms with Gasteiger partial charge in [0.15, 0.2) is 5.58 Å². The van der Waals surface area contributed by atoms with Crippen molar-refractivity contribution in [1.29, 1.82) is 0 Å². The number of unbranched alkanes of at least 4 members (excludes halogenated alkanes) is 1. The number of sulfonamides is 1. The van der Waals surface area contributed by atoms with E-state index < -0.39 is 51.9 Å². The van der Waals surface area contributed by atoms with E-state index in [4.69, 9.17) is 14.9 Å². The molecule has 12 nitrogen and oxygen atoms in total. The Labute approximate surface area is 299 Å². The van der Waals surface area contributed by atoms with Crippen LogP contribution < -0.4 is 15.8 Å². The van der Waals surface area contributed by atoms with E-state index in [0.29, 0.717) is 43.5 Å². The summed E-state index contributed by atoms with van der Waals surface area (Å²) in [7, 11) is -3.78. The number of oxazole rings is 1. The predicted octanol–water partition coefficient (Wildman–Crippen LogP) is 3.90. The van der Waals surface area contributed by atoms with Crippen molar-refractivity contribution in [3.63, 3.8) is 0 Å². The van der Waals surface area contributed by atoms with E-state index >= 15 is 0 Å². The number of halogens is 1. The van der Waals surface area contributed by atoms with Gasteiger partial charge in [-0.05, 0) is 62.8 Å². The molecule has 5 rings (SSSR count). The molecule has 1 saturated heterocycles. The second kappa shape index (κ2) is 17.2. The van der Waals surface area contributed by atoms with E-state index in [1.807, 2.05) is 30.3 Å². The summed E-state index contributed by atoms with van der Waals surface area (Å²) in [5, 5.41) is 2.87. The van der Waals surface area contributed by atoms with Crippen molar-refractivity contribution in [1.82, 2.24) is 19.9 Å². The van der Waals surface area contributed by atoms with Crippen LogP contribution >= 0.6 is 27.7 Å². The molecule has 264 valence electrons. The van der Waals surface area contributed by atoms with Crippen LogP contribution in [0.25, 0.3) is 11.1 Å². The van der Waals surface area contributed by atoms with Crippen molar-refractivity contribution < 1.29 is 32.0 Å². The van der Waals surface area contributed by atoms with Gasteiger partial charge in [-0.2, -0.15) is 0 Å². The number of thioether (sulfide) groups is 1. The zero-order valence-corrected chi connectivity index (χ0v) is 30.5. The Bertz CT molecular complexity index is 1720. The van der Waals surface area contributed by atoms with Gasteiger partial charge in [0.2, 0.25) is 27.6 Å². The molecule has 1 unspecified atom stereocenters. The third-order valence-corrected chi connectivity index (χ3v) is 11.1. The number of carbonyl (C=O) groups is 3. The smallest absolute Gasteiger partial charge is 0.266 e. The number of aryl methyl sites for hydroxylation is 1. The molecule has 5 atom stereocenters. The first-order chi connectivity index (χ1) is 23.5. The van der Waals surface area contributed by atoms with E-state index in [1.165, 1.54) is 4.90 Å². The van der Waals surface area contributed by atoms with Crippen molar-refractivity contribution in [2.75, 3.05) is 26.0 Å². The van der Waals surface area contributed by atoms with Crippen molar-refractivity contribution in [3.05, 3.63) is 77.0 Å². The highest BCUT2D eigenvalue weighted by atomic mass is 79.9. The maximum atomic E-state index is 14.2. The van der Waals surface area contributed by atoms with Gasteiger partial charge in [-0.1, -0.05) is 64.5 Å². The number of carbonyl (C=O) groups excluding carboxylic acids is 3. The number of likely N-dealkylation sites (tertiary alicyclic amines) is 1. The van der Waals surface area contributed by atoms with Gasteiger partial charge < -0.3 is 25.1 Å². The monoisotopic (exact) mass is 775 g/mol. The third-order valence-electron chi connectivity index (χ3n) is 8.42. The Hall–Kier alpha value is -3.08. The normalized spacial score (nSPS) is 20.7. The fourth-order valence-corrected chi connectivity index (χ4v) is 8.48. The topological polar surface area (TPSA) is 174 Å². The highest BCUT2D eigenvalue weighted by Gasteiger charge is 2.44. The maximum Gasteiger partial charge on any atom is 0.266 e. The van der Waals surface area contributed by atoms with Crippen LogP contribution in [0.3, 0.4) is 0 Å². The Morgan fingerprint density at radius 1 is 1.10 bits per heavy atom. The van der Waals surface area contributed by atoms with Crippen LogP contribution in [0.4, 0.5) is 0 Å². The summed E-state index contributed by atoms with van der Waals surface area (Å²) in [6.07, 6.45) is 5.74. The van der Waals surface area contributed by atoms with Crippen molar-refractivity contribution in [2.24, 2.45) is 5.73 Å². The quantitative estimate of drug-likeness (QED) is 0.104. The average molecular weight is 777 g/mol. The minimum atomic E-state index is -3.78. The molecule has 0 radical (unpaired) electrons. The van der Waals surface area contributed by atoms with Gasteiger partial charge in [-0.25, -0.2) is 18.1 Å². The number of fused-ring (bicyclic) bond motifs is 1. The number of ether oxygens (including phenoxy) is 1. The number of ketones is 1. The first-order valence-electron chi connectivity index (χ1n) is 16.3. The number of hydrogen-bond acceptors (Lipinski definition) is 10. The van der Waals surface area contributed by atoms with Crippen molar-refractivity contribution in [2.45, 2.75) is 73.3 Å². The fourth-order valence-electron chi connectivity index (χ4n) is 5.99. The Morgan fingerprint density at radius 2 is 1.86 bits per heavy atom. The molecule has 4 N–H and O–H groups in total. The van der Waals surface area contributed by atoms with E-state index in [0.717, 1.165) is 23.1 Å². The van der Waals surface area contributed by atoms with Gasteiger partial charge in [0.1, 0.15) is 17.6 Å². The maximum absolute atomic E-state index is 14.2. The molecular weight excluding hydrogens is 734 g/mol. The van der Waals surface area contributed by atoms with Crippen LogP contribution in [0.1, 0.15) is 54.8 Å². The molecule has 2 aromatic carbocycles. The first kappa shape index (κ1) is 37.2. The molecule has 0 saturated carbocycles. The number of aromatic nitrogens is 1. The number of para-hydroxylation sites is 2. The number of rotatable bonds is 17. The van der Waals surface area contributed by atoms with Gasteiger partial charge >= 0.3 is 0 Å². The van der Waals surface area contributed by atoms with E-state index in [1.54, 1.807) is 36.0 Å². The molecular formula is C34H42BrN5O7S2. The summed E-state index contributed by atoms with van der Waals surface area (Å²) in [5.74, 6) is -1.69. The summed E-state index contributed by atoms with van der Waals surface area (Å²) in [5.41, 5.74) is 7.63. The molecule has 3 heterocycles. The van der Waals surface area contributed by atoms with Crippen LogP contribution in [0, 0.1) is 0 Å². The number of amides is 2. The van der Waals surface area contributed by atoms with E-state index in [9.17, 15) is 22.8 Å². The fraction of sp³-hybridized carbons (Fsp3) is 0.471. The average Bonchev–Trinajstić information content (AvgIpc) is 3.83. The summed E-state index contributed by atoms with van der Waals surface area (Å²) in [6.45, 7) is 0.825. The number of nitrogens with zero attached hydrogens (tertiary/aromatic N) is 2. The van der Waals surface area contributed by atoms with E-state index in [-0.39, 0.29) is 35.9 Å². The van der Waals surface area contributed by atoms with Crippen LogP contribution in [-0.4, -0.2) is 90.2 Å². The molecule has 2 amide bonds. The summed E-state index contributed by atoms with van der Waals surface area (Å²) in [6, 6.07) is 13.3. The molecule has 1 fully saturated rings. The number of allylic oxidation sites excluding steroid dienone is 1. The van der Waals surface area contributed by atoms with Gasteiger partial charge in [0.25, 0.3) is 5.89 Å². The standard InChI is InChI=1S/C34H42BrN5O7S2/c1-49(44,45)39-27(16-14-22-9-3-2-4-10-22)34(43)40-20-23(46-21-24-15-17-30(35)48-24)19-28(40)32(42)37-26(12-7-8-18-36)31(41)33-38-25-11-5-6-13-29(25)47-33/h2-6,9-11,13,15,23,26-28,30,39H,7-8,12,14,16-21,36H2,1H3,(H,37,42)/t23-,26+,27-,28+,30?/m1/s1. The van der Waals surface area contributed by atoms with Crippen LogP contribution in [-0.2, 0) is 30.8 Å². The highest BCUT2D eigenvalue weighted by molar-refractivity contribution is 9.11. The number of hydrogen-bond donors (Lipinski definition) is 3. The lowest BCUT2D eigenvalue weighted by Gasteiger charge is -2.29. The Balaban J connectivity index is 1.37. The SMILES string of the molecule is CS(=O)(=O)N[C@H](CCc1ccccc1)C(=O)N1C[C@H](OCC2=CCC(Br)S2)C[C@H]1C(=O)N[C@@H](CCCCN)C(=O)c1nc2ccccc2o1. The molecule has 0 aliphatic carbocycles. The van der Waals surface area contributed by atoms with Gasteiger partial charge in [-0.15, -0.1) is 11.8 Å². The lowest BCUT2D eigenvalue weighted by molar-refractivity contribution is -0.140. The Kier molecular flexibility index (Phi) is 13.1. The third kappa shape index (κ3) is 10.5.